The number of para-hydroxylation sites is 1. The van der Waals surface area contributed by atoms with Gasteiger partial charge in [-0.3, -0.25) is 5.41 Å². The van der Waals surface area contributed by atoms with E-state index in [-0.39, 0.29) is 5.84 Å². The summed E-state index contributed by atoms with van der Waals surface area (Å²) in [5.74, 6) is 0.179. The van der Waals surface area contributed by atoms with Crippen molar-refractivity contribution < 1.29 is 0 Å². The van der Waals surface area contributed by atoms with E-state index in [9.17, 15) is 0 Å². The van der Waals surface area contributed by atoms with Crippen molar-refractivity contribution in [3.05, 3.63) is 29.8 Å². The molecule has 1 heterocycles. The van der Waals surface area contributed by atoms with Crippen LogP contribution in [0.15, 0.2) is 24.3 Å². The SMILES string of the molecule is N=C(N)c1ccccc1N1CCC2(CCCCC2)CC1. The van der Waals surface area contributed by atoms with Gasteiger partial charge in [-0.2, -0.15) is 0 Å². The number of nitrogens with one attached hydrogen (secondary N) is 1. The summed E-state index contributed by atoms with van der Waals surface area (Å²) in [4.78, 5) is 2.43. The van der Waals surface area contributed by atoms with Crippen molar-refractivity contribution in [3.63, 3.8) is 0 Å². The Bertz CT molecular complexity index is 479. The fourth-order valence-electron chi connectivity index (χ4n) is 4.00. The van der Waals surface area contributed by atoms with Crippen LogP contribution in [0.4, 0.5) is 5.69 Å². The van der Waals surface area contributed by atoms with Crippen molar-refractivity contribution in [2.75, 3.05) is 18.0 Å². The fourth-order valence-corrected chi connectivity index (χ4v) is 4.00. The first-order valence-electron chi connectivity index (χ1n) is 7.89. The molecule has 3 heteroatoms. The monoisotopic (exact) mass is 271 g/mol. The van der Waals surface area contributed by atoms with Gasteiger partial charge >= 0.3 is 0 Å². The van der Waals surface area contributed by atoms with Gasteiger partial charge in [0.1, 0.15) is 5.84 Å². The third-order valence-corrected chi connectivity index (χ3v) is 5.27. The molecule has 2 aliphatic rings. The van der Waals surface area contributed by atoms with Crippen molar-refractivity contribution in [1.29, 1.82) is 5.41 Å². The normalized spacial score (nSPS) is 21.9. The third-order valence-electron chi connectivity index (χ3n) is 5.27. The van der Waals surface area contributed by atoms with Gasteiger partial charge in [0, 0.05) is 24.3 Å². The predicted molar refractivity (Wildman–Crippen MR) is 84.4 cm³/mol. The van der Waals surface area contributed by atoms with Crippen LogP contribution in [0.25, 0.3) is 0 Å². The number of nitrogens with two attached hydrogens (primary N) is 1. The molecule has 0 aromatic heterocycles. The van der Waals surface area contributed by atoms with E-state index in [4.69, 9.17) is 11.1 Å². The van der Waals surface area contributed by atoms with E-state index in [2.05, 4.69) is 11.0 Å². The third kappa shape index (κ3) is 2.54. The van der Waals surface area contributed by atoms with Gasteiger partial charge in [-0.05, 0) is 43.2 Å². The van der Waals surface area contributed by atoms with Crippen molar-refractivity contribution in [1.82, 2.24) is 0 Å². The second-order valence-electron chi connectivity index (χ2n) is 6.48. The molecule has 108 valence electrons. The van der Waals surface area contributed by atoms with Gasteiger partial charge in [-0.1, -0.05) is 31.4 Å². The number of amidine groups is 1. The van der Waals surface area contributed by atoms with Crippen LogP contribution < -0.4 is 10.6 Å². The molecule has 20 heavy (non-hydrogen) atoms. The van der Waals surface area contributed by atoms with E-state index >= 15 is 0 Å². The Hall–Kier alpha value is -1.51. The Balaban J connectivity index is 1.73. The zero-order valence-corrected chi connectivity index (χ0v) is 12.2. The second-order valence-corrected chi connectivity index (χ2v) is 6.48. The molecular formula is C17H25N3. The summed E-state index contributed by atoms with van der Waals surface area (Å²) in [6.07, 6.45) is 9.73. The summed E-state index contributed by atoms with van der Waals surface area (Å²) in [6.45, 7) is 2.23. The van der Waals surface area contributed by atoms with E-state index in [1.807, 2.05) is 18.2 Å². The van der Waals surface area contributed by atoms with Crippen molar-refractivity contribution in [3.8, 4) is 0 Å². The van der Waals surface area contributed by atoms with Gasteiger partial charge in [0.05, 0.1) is 0 Å². The molecular weight excluding hydrogens is 246 g/mol. The highest BCUT2D eigenvalue weighted by molar-refractivity contribution is 6.00. The molecule has 3 rings (SSSR count). The first kappa shape index (κ1) is 13.5. The maximum absolute atomic E-state index is 7.74. The molecule has 1 aromatic carbocycles. The lowest BCUT2D eigenvalue weighted by Crippen LogP contribution is -2.41. The molecule has 1 aliphatic heterocycles. The molecule has 0 atom stereocenters. The molecule has 1 saturated heterocycles. The smallest absolute Gasteiger partial charge is 0.124 e. The maximum atomic E-state index is 7.74. The highest BCUT2D eigenvalue weighted by atomic mass is 15.1. The number of nitrogen functional groups attached to an aromatic ring is 1. The van der Waals surface area contributed by atoms with Gasteiger partial charge in [0.2, 0.25) is 0 Å². The number of anilines is 1. The van der Waals surface area contributed by atoms with E-state index in [1.54, 1.807) is 0 Å². The van der Waals surface area contributed by atoms with Gasteiger partial charge < -0.3 is 10.6 Å². The summed E-state index contributed by atoms with van der Waals surface area (Å²) in [7, 11) is 0. The lowest BCUT2D eigenvalue weighted by molar-refractivity contribution is 0.144. The molecule has 3 N–H and O–H groups in total. The van der Waals surface area contributed by atoms with Gasteiger partial charge in [-0.25, -0.2) is 0 Å². The quantitative estimate of drug-likeness (QED) is 0.638. The number of hydrogen-bond acceptors (Lipinski definition) is 2. The summed E-state index contributed by atoms with van der Waals surface area (Å²) in [5.41, 5.74) is 8.36. The highest BCUT2D eigenvalue weighted by Crippen LogP contribution is 2.45. The van der Waals surface area contributed by atoms with E-state index in [1.165, 1.54) is 44.9 Å². The van der Waals surface area contributed by atoms with Crippen LogP contribution in [0.1, 0.15) is 50.5 Å². The molecule has 1 spiro atoms. The van der Waals surface area contributed by atoms with Crippen LogP contribution in [-0.2, 0) is 0 Å². The summed E-state index contributed by atoms with van der Waals surface area (Å²) < 4.78 is 0. The van der Waals surface area contributed by atoms with Gasteiger partial charge in [0.25, 0.3) is 0 Å². The molecule has 3 nitrogen and oxygen atoms in total. The van der Waals surface area contributed by atoms with E-state index in [0.29, 0.717) is 5.41 Å². The van der Waals surface area contributed by atoms with Crippen molar-refractivity contribution in [2.45, 2.75) is 44.9 Å². The number of piperidine rings is 1. The minimum absolute atomic E-state index is 0.179. The van der Waals surface area contributed by atoms with Crippen molar-refractivity contribution >= 4 is 11.5 Å². The Morgan fingerprint density at radius 2 is 1.65 bits per heavy atom. The van der Waals surface area contributed by atoms with Gasteiger partial charge in [0.15, 0.2) is 0 Å². The topological polar surface area (TPSA) is 53.1 Å². The fraction of sp³-hybridized carbons (Fsp3) is 0.588. The molecule has 0 amide bonds. The molecule has 1 aromatic rings. The summed E-state index contributed by atoms with van der Waals surface area (Å²) in [5, 5.41) is 7.74. The summed E-state index contributed by atoms with van der Waals surface area (Å²) >= 11 is 0. The second kappa shape index (κ2) is 5.47. The van der Waals surface area contributed by atoms with Crippen LogP contribution in [-0.4, -0.2) is 18.9 Å². The molecule has 1 aliphatic carbocycles. The molecule has 0 radical (unpaired) electrons. The molecule has 2 fully saturated rings. The van der Waals surface area contributed by atoms with Crippen LogP contribution in [0.3, 0.4) is 0 Å². The lowest BCUT2D eigenvalue weighted by Gasteiger charge is -2.45. The van der Waals surface area contributed by atoms with Crippen LogP contribution in [0.5, 0.6) is 0 Å². The van der Waals surface area contributed by atoms with Crippen LogP contribution >= 0.6 is 0 Å². The Morgan fingerprint density at radius 1 is 1.00 bits per heavy atom. The summed E-state index contributed by atoms with van der Waals surface area (Å²) in [6, 6.07) is 8.08. The number of rotatable bonds is 2. The van der Waals surface area contributed by atoms with Crippen LogP contribution in [0.2, 0.25) is 0 Å². The number of hydrogen-bond donors (Lipinski definition) is 2. The number of nitrogens with zero attached hydrogens (tertiary/aromatic N) is 1. The first-order chi connectivity index (χ1) is 9.70. The molecule has 0 bridgehead atoms. The minimum atomic E-state index is 0.179. The lowest BCUT2D eigenvalue weighted by atomic mass is 9.68. The molecule has 1 saturated carbocycles. The number of benzene rings is 1. The van der Waals surface area contributed by atoms with E-state index in [0.717, 1.165) is 24.3 Å². The van der Waals surface area contributed by atoms with Crippen LogP contribution in [0, 0.1) is 10.8 Å². The first-order valence-corrected chi connectivity index (χ1v) is 7.89. The predicted octanol–water partition coefficient (Wildman–Crippen LogP) is 3.52. The zero-order chi connectivity index (χ0) is 14.0. The average molecular weight is 271 g/mol. The largest absolute Gasteiger partial charge is 0.384 e. The zero-order valence-electron chi connectivity index (χ0n) is 12.2. The standard InChI is InChI=1S/C17H25N3/c18-16(19)14-6-2-3-7-15(14)20-12-10-17(11-13-20)8-4-1-5-9-17/h2-3,6-7H,1,4-5,8-13H2,(H3,18,19). The Morgan fingerprint density at radius 3 is 2.30 bits per heavy atom. The van der Waals surface area contributed by atoms with E-state index < -0.39 is 0 Å². The minimum Gasteiger partial charge on any atom is -0.384 e. The van der Waals surface area contributed by atoms with Gasteiger partial charge in [-0.15, -0.1) is 0 Å². The van der Waals surface area contributed by atoms with Crippen molar-refractivity contribution in [2.24, 2.45) is 11.1 Å². The molecule has 0 unspecified atom stereocenters. The Kier molecular flexibility index (Phi) is 3.68. The average Bonchev–Trinajstić information content (AvgIpc) is 2.49. The Labute approximate surface area is 121 Å². The highest BCUT2D eigenvalue weighted by Gasteiger charge is 2.35. The maximum Gasteiger partial charge on any atom is 0.124 e.